The van der Waals surface area contributed by atoms with Crippen molar-refractivity contribution in [2.75, 3.05) is 0 Å². The maximum absolute atomic E-state index is 2.57. The molecule has 0 nitrogen and oxygen atoms in total. The Morgan fingerprint density at radius 2 is 1.80 bits per heavy atom. The average molecular weight is 198 g/mol. The van der Waals surface area contributed by atoms with E-state index in [1.807, 2.05) is 0 Å². The topological polar surface area (TPSA) is 0 Å². The predicted octanol–water partition coefficient (Wildman–Crippen LogP) is 3.27. The first-order chi connectivity index (χ1) is 7.29. The van der Waals surface area contributed by atoms with Gasteiger partial charge in [-0.05, 0) is 73.2 Å². The summed E-state index contributed by atoms with van der Waals surface area (Å²) in [6.45, 7) is 4.62. The number of hydrogen-bond acceptors (Lipinski definition) is 0. The zero-order valence-corrected chi connectivity index (χ0v) is 9.48. The molecule has 6 aliphatic carbocycles. The maximum atomic E-state index is 2.57. The Kier molecular flexibility index (Phi) is 1.02. The van der Waals surface area contributed by atoms with Gasteiger partial charge >= 0.3 is 0 Å². The van der Waals surface area contributed by atoms with Crippen LogP contribution >= 0.6 is 0 Å². The van der Waals surface area contributed by atoms with Crippen LogP contribution < -0.4 is 0 Å². The SMILES string of the molecule is CC(C)=C1C=C[C@H]2[C@@H]1[C@@H]1[C@H]3C[C@H]4[C@@H]1[C@H]4[C@@H]23. The molecule has 0 aromatic heterocycles. The summed E-state index contributed by atoms with van der Waals surface area (Å²) in [6.07, 6.45) is 6.65. The monoisotopic (exact) mass is 198 g/mol. The summed E-state index contributed by atoms with van der Waals surface area (Å²) >= 11 is 0. The number of rotatable bonds is 0. The molecule has 0 aliphatic heterocycles. The van der Waals surface area contributed by atoms with E-state index < -0.39 is 0 Å². The first-order valence-corrected chi connectivity index (χ1v) is 6.64. The van der Waals surface area contributed by atoms with Crippen molar-refractivity contribution in [1.29, 1.82) is 0 Å². The van der Waals surface area contributed by atoms with Gasteiger partial charge < -0.3 is 0 Å². The minimum atomic E-state index is 0.971. The Morgan fingerprint density at radius 1 is 1.07 bits per heavy atom. The molecule has 0 radical (unpaired) electrons. The van der Waals surface area contributed by atoms with Crippen LogP contribution in [0.25, 0.3) is 0 Å². The van der Waals surface area contributed by atoms with Crippen LogP contribution in [-0.4, -0.2) is 0 Å². The number of fused-ring (bicyclic) bond motifs is 1. The lowest BCUT2D eigenvalue weighted by molar-refractivity contribution is 0.305. The Morgan fingerprint density at radius 3 is 2.53 bits per heavy atom. The van der Waals surface area contributed by atoms with Crippen molar-refractivity contribution >= 4 is 0 Å². The number of allylic oxidation sites excluding steroid dienone is 4. The molecule has 0 heterocycles. The highest BCUT2D eigenvalue weighted by molar-refractivity contribution is 5.43. The smallest absolute Gasteiger partial charge is 0.00629 e. The van der Waals surface area contributed by atoms with Gasteiger partial charge in [-0.25, -0.2) is 0 Å². The summed E-state index contributed by atoms with van der Waals surface area (Å²) in [5, 5.41) is 0. The molecule has 0 saturated heterocycles. The summed E-state index contributed by atoms with van der Waals surface area (Å²) in [7, 11) is 0. The van der Waals surface area contributed by atoms with Crippen LogP contribution in [0, 0.1) is 47.3 Å². The van der Waals surface area contributed by atoms with Gasteiger partial charge in [-0.3, -0.25) is 0 Å². The van der Waals surface area contributed by atoms with Crippen LogP contribution in [0.5, 0.6) is 0 Å². The largest absolute Gasteiger partial charge is 0.0802 e. The lowest BCUT2D eigenvalue weighted by Gasteiger charge is -2.25. The molecule has 0 amide bonds. The van der Waals surface area contributed by atoms with Gasteiger partial charge in [0.15, 0.2) is 0 Å². The molecule has 6 rings (SSSR count). The van der Waals surface area contributed by atoms with E-state index in [1.54, 1.807) is 17.6 Å². The summed E-state index contributed by atoms with van der Waals surface area (Å²) in [5.41, 5.74) is 3.31. The molecule has 5 fully saturated rings. The van der Waals surface area contributed by atoms with E-state index in [0.29, 0.717) is 0 Å². The van der Waals surface area contributed by atoms with E-state index in [-0.39, 0.29) is 0 Å². The minimum absolute atomic E-state index is 0.971. The van der Waals surface area contributed by atoms with E-state index in [2.05, 4.69) is 26.0 Å². The zero-order chi connectivity index (χ0) is 9.89. The standard InChI is InChI=1S/C15H18/c1-6(2)7-3-4-8-11(7)13-9-5-10-14(12(8)9)15(10)13/h3-4,8-15H,5H2,1-2H3/t8-,9-,10+,11+,12-,13-,14+,15-/m0/s1. The van der Waals surface area contributed by atoms with Crippen LogP contribution in [-0.2, 0) is 0 Å². The quantitative estimate of drug-likeness (QED) is 0.560. The van der Waals surface area contributed by atoms with Gasteiger partial charge in [0, 0.05) is 0 Å². The van der Waals surface area contributed by atoms with Crippen LogP contribution in [0.15, 0.2) is 23.3 Å². The normalized spacial score (nSPS) is 65.3. The molecule has 0 N–H and O–H groups in total. The van der Waals surface area contributed by atoms with E-state index >= 15 is 0 Å². The third-order valence-corrected chi connectivity index (χ3v) is 6.42. The second-order valence-corrected chi connectivity index (χ2v) is 6.79. The highest BCUT2D eigenvalue weighted by Crippen LogP contribution is 2.84. The molecule has 0 unspecified atom stereocenters. The Balaban J connectivity index is 1.69. The maximum Gasteiger partial charge on any atom is -0.00629 e. The molecule has 15 heavy (non-hydrogen) atoms. The summed E-state index contributed by atoms with van der Waals surface area (Å²) in [4.78, 5) is 0. The van der Waals surface area contributed by atoms with Crippen molar-refractivity contribution in [3.8, 4) is 0 Å². The van der Waals surface area contributed by atoms with Gasteiger partial charge in [0.05, 0.1) is 0 Å². The van der Waals surface area contributed by atoms with Crippen molar-refractivity contribution in [3.05, 3.63) is 23.3 Å². The molecule has 8 atom stereocenters. The zero-order valence-electron chi connectivity index (χ0n) is 9.48. The van der Waals surface area contributed by atoms with Crippen molar-refractivity contribution < 1.29 is 0 Å². The van der Waals surface area contributed by atoms with Crippen LogP contribution in [0.1, 0.15) is 20.3 Å². The second-order valence-electron chi connectivity index (χ2n) is 6.79. The number of hydrogen-bond donors (Lipinski definition) is 0. The lowest BCUT2D eigenvalue weighted by atomic mass is 9.78. The van der Waals surface area contributed by atoms with Crippen molar-refractivity contribution in [2.45, 2.75) is 20.3 Å². The molecule has 5 saturated carbocycles. The molecule has 0 aromatic carbocycles. The lowest BCUT2D eigenvalue weighted by Crippen LogP contribution is -2.20. The Bertz CT molecular complexity index is 423. The van der Waals surface area contributed by atoms with Gasteiger partial charge in [0.2, 0.25) is 0 Å². The third-order valence-electron chi connectivity index (χ3n) is 6.42. The van der Waals surface area contributed by atoms with Crippen LogP contribution in [0.2, 0.25) is 0 Å². The predicted molar refractivity (Wildman–Crippen MR) is 60.1 cm³/mol. The van der Waals surface area contributed by atoms with E-state index in [4.69, 9.17) is 0 Å². The first kappa shape index (κ1) is 7.70. The van der Waals surface area contributed by atoms with Crippen LogP contribution in [0.4, 0.5) is 0 Å². The summed E-state index contributed by atoms with van der Waals surface area (Å²) in [5.74, 6) is 8.93. The van der Waals surface area contributed by atoms with Gasteiger partial charge in [0.25, 0.3) is 0 Å². The van der Waals surface area contributed by atoms with Gasteiger partial charge in [-0.1, -0.05) is 17.7 Å². The van der Waals surface area contributed by atoms with E-state index in [0.717, 1.165) is 29.6 Å². The fourth-order valence-electron chi connectivity index (χ4n) is 6.31. The molecule has 6 aliphatic rings. The fourth-order valence-corrected chi connectivity index (χ4v) is 6.31. The first-order valence-electron chi connectivity index (χ1n) is 6.64. The average Bonchev–Trinajstić information content (AvgIpc) is 2.73. The Labute approximate surface area is 91.4 Å². The molecule has 0 heteroatoms. The molecular weight excluding hydrogens is 180 g/mol. The van der Waals surface area contributed by atoms with Gasteiger partial charge in [0.1, 0.15) is 0 Å². The highest BCUT2D eigenvalue weighted by atomic mass is 14.8. The van der Waals surface area contributed by atoms with Crippen LogP contribution in [0.3, 0.4) is 0 Å². The third kappa shape index (κ3) is 0.599. The van der Waals surface area contributed by atoms with Gasteiger partial charge in [-0.15, -0.1) is 0 Å². The Hall–Kier alpha value is -0.520. The highest BCUT2D eigenvalue weighted by Gasteiger charge is 2.80. The van der Waals surface area contributed by atoms with E-state index in [9.17, 15) is 0 Å². The van der Waals surface area contributed by atoms with Gasteiger partial charge in [-0.2, -0.15) is 0 Å². The molecule has 78 valence electrons. The molecule has 6 bridgehead atoms. The summed E-state index contributed by atoms with van der Waals surface area (Å²) in [6, 6.07) is 0. The van der Waals surface area contributed by atoms with Crippen molar-refractivity contribution in [1.82, 2.24) is 0 Å². The molecular formula is C15H18. The van der Waals surface area contributed by atoms with Crippen molar-refractivity contribution in [3.63, 3.8) is 0 Å². The van der Waals surface area contributed by atoms with Crippen molar-refractivity contribution in [2.24, 2.45) is 47.3 Å². The minimum Gasteiger partial charge on any atom is -0.0802 e. The van der Waals surface area contributed by atoms with E-state index in [1.165, 1.54) is 17.8 Å². The molecule has 0 spiro atoms. The molecule has 0 aromatic rings. The summed E-state index contributed by atoms with van der Waals surface area (Å²) < 4.78 is 0. The fraction of sp³-hybridized carbons (Fsp3) is 0.733. The second kappa shape index (κ2) is 1.99.